The van der Waals surface area contributed by atoms with Crippen LogP contribution in [0, 0.1) is 0 Å². The standard InChI is InChI=1S/C24H39BrOS/c1-3-4-5-6-7-8-9-10-11-12-13-14-15-23(25)24(26)20(2)21-16-18-22(27)19-17-21/h16-20,23,27H,3-15H2,1-2H3. The number of benzene rings is 1. The Labute approximate surface area is 181 Å². The van der Waals surface area contributed by atoms with E-state index in [-0.39, 0.29) is 10.7 Å². The lowest BCUT2D eigenvalue weighted by Gasteiger charge is -2.15. The molecule has 0 saturated carbocycles. The molecule has 2 atom stereocenters. The summed E-state index contributed by atoms with van der Waals surface area (Å²) in [6, 6.07) is 7.93. The number of Topliss-reactive ketones (excluding diaryl/α,β-unsaturated/α-hetero) is 1. The molecule has 27 heavy (non-hydrogen) atoms. The molecular weight excluding hydrogens is 416 g/mol. The highest BCUT2D eigenvalue weighted by Crippen LogP contribution is 2.24. The minimum atomic E-state index is -0.0550. The number of halogens is 1. The lowest BCUT2D eigenvalue weighted by Crippen LogP contribution is -2.20. The van der Waals surface area contributed by atoms with Crippen LogP contribution in [0.15, 0.2) is 29.2 Å². The van der Waals surface area contributed by atoms with E-state index in [1.165, 1.54) is 70.6 Å². The monoisotopic (exact) mass is 454 g/mol. The number of hydrogen-bond donors (Lipinski definition) is 1. The summed E-state index contributed by atoms with van der Waals surface area (Å²) in [5.74, 6) is 0.241. The van der Waals surface area contributed by atoms with Gasteiger partial charge in [0.05, 0.1) is 4.83 Å². The van der Waals surface area contributed by atoms with Crippen molar-refractivity contribution in [2.24, 2.45) is 0 Å². The molecular formula is C24H39BrOS. The molecule has 0 aliphatic carbocycles. The van der Waals surface area contributed by atoms with Crippen molar-refractivity contribution in [3.63, 3.8) is 0 Å². The Bertz CT molecular complexity index is 500. The highest BCUT2D eigenvalue weighted by Gasteiger charge is 2.22. The number of alkyl halides is 1. The average Bonchev–Trinajstić information content (AvgIpc) is 2.68. The van der Waals surface area contributed by atoms with Gasteiger partial charge in [-0.25, -0.2) is 0 Å². The van der Waals surface area contributed by atoms with Gasteiger partial charge >= 0.3 is 0 Å². The summed E-state index contributed by atoms with van der Waals surface area (Å²) in [7, 11) is 0. The van der Waals surface area contributed by atoms with Crippen LogP contribution in [0.3, 0.4) is 0 Å². The smallest absolute Gasteiger partial charge is 0.153 e. The number of rotatable bonds is 16. The summed E-state index contributed by atoms with van der Waals surface area (Å²) in [4.78, 5) is 13.5. The maximum atomic E-state index is 12.6. The van der Waals surface area contributed by atoms with Crippen LogP contribution in [-0.2, 0) is 4.79 Å². The van der Waals surface area contributed by atoms with Gasteiger partial charge in [-0.1, -0.05) is 119 Å². The Morgan fingerprint density at radius 3 is 1.78 bits per heavy atom. The molecule has 1 aromatic rings. The van der Waals surface area contributed by atoms with Crippen LogP contribution in [0.5, 0.6) is 0 Å². The second-order valence-electron chi connectivity index (χ2n) is 7.86. The molecule has 2 unspecified atom stereocenters. The molecule has 0 fully saturated rings. The molecule has 0 bridgehead atoms. The Morgan fingerprint density at radius 1 is 0.852 bits per heavy atom. The molecule has 0 heterocycles. The molecule has 1 rings (SSSR count). The van der Waals surface area contributed by atoms with Crippen molar-refractivity contribution >= 4 is 34.3 Å². The van der Waals surface area contributed by atoms with E-state index in [4.69, 9.17) is 0 Å². The first kappa shape index (κ1) is 24.8. The van der Waals surface area contributed by atoms with Gasteiger partial charge in [-0.3, -0.25) is 4.79 Å². The minimum absolute atomic E-state index is 0.0219. The fourth-order valence-corrected chi connectivity index (χ4v) is 4.37. The predicted molar refractivity (Wildman–Crippen MR) is 126 cm³/mol. The van der Waals surface area contributed by atoms with E-state index in [9.17, 15) is 4.79 Å². The molecule has 154 valence electrons. The molecule has 0 radical (unpaired) electrons. The predicted octanol–water partition coefficient (Wildman–Crippen LogP) is 8.50. The van der Waals surface area contributed by atoms with Crippen molar-refractivity contribution in [2.75, 3.05) is 0 Å². The van der Waals surface area contributed by atoms with E-state index >= 15 is 0 Å². The van der Waals surface area contributed by atoms with E-state index in [1.54, 1.807) is 0 Å². The van der Waals surface area contributed by atoms with Gasteiger partial charge in [0.2, 0.25) is 0 Å². The first-order valence-corrected chi connectivity index (χ1v) is 12.4. The second kappa shape index (κ2) is 15.6. The lowest BCUT2D eigenvalue weighted by atomic mass is 9.93. The van der Waals surface area contributed by atoms with Crippen LogP contribution in [0.1, 0.15) is 109 Å². The summed E-state index contributed by atoms with van der Waals surface area (Å²) in [5.41, 5.74) is 1.08. The van der Waals surface area contributed by atoms with Gasteiger partial charge in [0.25, 0.3) is 0 Å². The summed E-state index contributed by atoms with van der Waals surface area (Å²) >= 11 is 7.93. The topological polar surface area (TPSA) is 17.1 Å². The fraction of sp³-hybridized carbons (Fsp3) is 0.708. The van der Waals surface area contributed by atoms with E-state index in [0.717, 1.165) is 23.3 Å². The quantitative estimate of drug-likeness (QED) is 0.150. The molecule has 0 spiro atoms. The number of hydrogen-bond acceptors (Lipinski definition) is 2. The minimum Gasteiger partial charge on any atom is -0.298 e. The zero-order valence-corrected chi connectivity index (χ0v) is 19.9. The lowest BCUT2D eigenvalue weighted by molar-refractivity contribution is -0.119. The molecule has 0 aliphatic rings. The third-order valence-electron chi connectivity index (χ3n) is 5.44. The molecule has 0 aliphatic heterocycles. The van der Waals surface area contributed by atoms with Crippen molar-refractivity contribution < 1.29 is 4.79 Å². The zero-order chi connectivity index (χ0) is 19.9. The number of ketones is 1. The number of carbonyl (C=O) groups excluding carboxylic acids is 1. The Balaban J connectivity index is 2.04. The highest BCUT2D eigenvalue weighted by molar-refractivity contribution is 9.10. The SMILES string of the molecule is CCCCCCCCCCCCCCC(Br)C(=O)C(C)c1ccc(S)cc1. The summed E-state index contributed by atoms with van der Waals surface area (Å²) < 4.78 is 0. The van der Waals surface area contributed by atoms with Crippen molar-refractivity contribution in [3.8, 4) is 0 Å². The van der Waals surface area contributed by atoms with Gasteiger partial charge in [-0.2, -0.15) is 0 Å². The Morgan fingerprint density at radius 2 is 1.30 bits per heavy atom. The second-order valence-corrected chi connectivity index (χ2v) is 9.48. The fourth-order valence-electron chi connectivity index (χ4n) is 3.51. The van der Waals surface area contributed by atoms with E-state index in [2.05, 4.69) is 35.5 Å². The maximum Gasteiger partial charge on any atom is 0.153 e. The summed E-state index contributed by atoms with van der Waals surface area (Å²) in [6.45, 7) is 4.28. The van der Waals surface area contributed by atoms with Crippen molar-refractivity contribution in [2.45, 2.75) is 113 Å². The molecule has 1 nitrogen and oxygen atoms in total. The van der Waals surface area contributed by atoms with Gasteiger partial charge in [0.15, 0.2) is 5.78 Å². The van der Waals surface area contributed by atoms with Gasteiger partial charge in [-0.05, 0) is 24.1 Å². The van der Waals surface area contributed by atoms with Crippen molar-refractivity contribution in [1.82, 2.24) is 0 Å². The number of carbonyl (C=O) groups is 1. The van der Waals surface area contributed by atoms with Crippen LogP contribution in [-0.4, -0.2) is 10.6 Å². The normalized spacial score (nSPS) is 13.5. The third-order valence-corrected chi connectivity index (χ3v) is 6.65. The number of thiol groups is 1. The number of unbranched alkanes of at least 4 members (excludes halogenated alkanes) is 11. The molecule has 0 aromatic heterocycles. The van der Waals surface area contributed by atoms with E-state index in [1.807, 2.05) is 31.2 Å². The van der Waals surface area contributed by atoms with E-state index in [0.29, 0.717) is 5.78 Å². The van der Waals surface area contributed by atoms with Crippen LogP contribution < -0.4 is 0 Å². The van der Waals surface area contributed by atoms with Crippen LogP contribution in [0.25, 0.3) is 0 Å². The molecule has 0 saturated heterocycles. The maximum absolute atomic E-state index is 12.6. The first-order valence-electron chi connectivity index (χ1n) is 11.0. The first-order chi connectivity index (χ1) is 13.1. The van der Waals surface area contributed by atoms with Gasteiger partial charge < -0.3 is 0 Å². The zero-order valence-electron chi connectivity index (χ0n) is 17.4. The van der Waals surface area contributed by atoms with Crippen LogP contribution in [0.2, 0.25) is 0 Å². The molecule has 1 aromatic carbocycles. The third kappa shape index (κ3) is 11.3. The van der Waals surface area contributed by atoms with Crippen molar-refractivity contribution in [1.29, 1.82) is 0 Å². The Hall–Kier alpha value is -0.280. The van der Waals surface area contributed by atoms with Gasteiger partial charge in [0.1, 0.15) is 0 Å². The largest absolute Gasteiger partial charge is 0.298 e. The van der Waals surface area contributed by atoms with E-state index < -0.39 is 0 Å². The average molecular weight is 456 g/mol. The van der Waals surface area contributed by atoms with Gasteiger partial charge in [0, 0.05) is 10.8 Å². The van der Waals surface area contributed by atoms with Crippen molar-refractivity contribution in [3.05, 3.63) is 29.8 Å². The molecule has 3 heteroatoms. The van der Waals surface area contributed by atoms with Crippen LogP contribution >= 0.6 is 28.6 Å². The van der Waals surface area contributed by atoms with Gasteiger partial charge in [-0.15, -0.1) is 12.6 Å². The molecule has 0 N–H and O–H groups in total. The Kier molecular flexibility index (Phi) is 14.3. The highest BCUT2D eigenvalue weighted by atomic mass is 79.9. The van der Waals surface area contributed by atoms with Crippen LogP contribution in [0.4, 0.5) is 0 Å². The summed E-state index contributed by atoms with van der Waals surface area (Å²) in [5, 5.41) is 0. The summed E-state index contributed by atoms with van der Waals surface area (Å²) in [6.07, 6.45) is 17.2. The molecule has 0 amide bonds.